The molecule has 1 fully saturated rings. The molecule has 0 atom stereocenters. The van der Waals surface area contributed by atoms with Crippen LogP contribution < -0.4 is 0 Å². The first-order valence-electron chi connectivity index (χ1n) is 8.13. The number of aromatic nitrogens is 2. The first kappa shape index (κ1) is 17.4. The van der Waals surface area contributed by atoms with Gasteiger partial charge in [-0.05, 0) is 6.42 Å². The fourth-order valence-corrected chi connectivity index (χ4v) is 2.51. The number of carbonyl (C=O) groups is 2. The second-order valence-electron chi connectivity index (χ2n) is 7.00. The van der Waals surface area contributed by atoms with E-state index in [0.717, 1.165) is 13.0 Å². The zero-order valence-electron chi connectivity index (χ0n) is 14.5. The van der Waals surface area contributed by atoms with Crippen molar-refractivity contribution < 1.29 is 14.1 Å². The van der Waals surface area contributed by atoms with Crippen molar-refractivity contribution in [1.29, 1.82) is 0 Å². The number of nitrogens with zero attached hydrogens (tertiary/aromatic N) is 4. The molecule has 128 valence electrons. The van der Waals surface area contributed by atoms with E-state index in [1.165, 1.54) is 0 Å². The zero-order chi connectivity index (χ0) is 17.0. The molecule has 0 radical (unpaired) electrons. The highest BCUT2D eigenvalue weighted by Crippen LogP contribution is 2.19. The van der Waals surface area contributed by atoms with E-state index in [0.29, 0.717) is 44.2 Å². The maximum absolute atomic E-state index is 12.3. The van der Waals surface area contributed by atoms with Gasteiger partial charge >= 0.3 is 0 Å². The Morgan fingerprint density at radius 3 is 2.39 bits per heavy atom. The van der Waals surface area contributed by atoms with Crippen LogP contribution in [0.1, 0.15) is 52.3 Å². The van der Waals surface area contributed by atoms with Crippen molar-refractivity contribution in [3.8, 4) is 0 Å². The SMILES string of the molecule is CC(=O)N1CCCN(C(=O)CCc2nc(C(C)(C)C)no2)CC1. The van der Waals surface area contributed by atoms with Gasteiger partial charge in [-0.3, -0.25) is 9.59 Å². The lowest BCUT2D eigenvalue weighted by molar-refractivity contribution is -0.132. The number of rotatable bonds is 3. The van der Waals surface area contributed by atoms with Gasteiger partial charge in [0.15, 0.2) is 5.82 Å². The van der Waals surface area contributed by atoms with Gasteiger partial charge in [0.05, 0.1) is 0 Å². The molecular formula is C16H26N4O3. The molecule has 1 saturated heterocycles. The lowest BCUT2D eigenvalue weighted by Gasteiger charge is -2.21. The van der Waals surface area contributed by atoms with Crippen molar-refractivity contribution in [2.45, 2.75) is 52.4 Å². The lowest BCUT2D eigenvalue weighted by Crippen LogP contribution is -2.36. The molecule has 2 rings (SSSR count). The summed E-state index contributed by atoms with van der Waals surface area (Å²) in [6.45, 7) is 10.2. The van der Waals surface area contributed by atoms with Crippen molar-refractivity contribution in [3.05, 3.63) is 11.7 Å². The quantitative estimate of drug-likeness (QED) is 0.840. The van der Waals surface area contributed by atoms with Gasteiger partial charge in [-0.1, -0.05) is 25.9 Å². The molecule has 0 saturated carbocycles. The highest BCUT2D eigenvalue weighted by Gasteiger charge is 2.23. The Morgan fingerprint density at radius 1 is 1.13 bits per heavy atom. The summed E-state index contributed by atoms with van der Waals surface area (Å²) in [4.78, 5) is 31.7. The van der Waals surface area contributed by atoms with E-state index in [1.807, 2.05) is 25.7 Å². The summed E-state index contributed by atoms with van der Waals surface area (Å²) < 4.78 is 5.22. The minimum Gasteiger partial charge on any atom is -0.341 e. The monoisotopic (exact) mass is 322 g/mol. The Bertz CT molecular complexity index is 562. The number of carbonyl (C=O) groups excluding carboxylic acids is 2. The highest BCUT2D eigenvalue weighted by molar-refractivity contribution is 5.77. The number of aryl methyl sites for hydroxylation is 1. The molecule has 0 N–H and O–H groups in total. The summed E-state index contributed by atoms with van der Waals surface area (Å²) in [6, 6.07) is 0. The van der Waals surface area contributed by atoms with Gasteiger partial charge in [-0.2, -0.15) is 4.98 Å². The van der Waals surface area contributed by atoms with Crippen molar-refractivity contribution in [2.24, 2.45) is 0 Å². The van der Waals surface area contributed by atoms with Crippen molar-refractivity contribution >= 4 is 11.8 Å². The molecule has 1 aliphatic heterocycles. The Morgan fingerprint density at radius 2 is 1.78 bits per heavy atom. The zero-order valence-corrected chi connectivity index (χ0v) is 14.5. The Kier molecular flexibility index (Phi) is 5.38. The maximum atomic E-state index is 12.3. The van der Waals surface area contributed by atoms with Crippen LogP contribution in [0.2, 0.25) is 0 Å². The van der Waals surface area contributed by atoms with E-state index in [-0.39, 0.29) is 17.2 Å². The number of hydrogen-bond acceptors (Lipinski definition) is 5. The fourth-order valence-electron chi connectivity index (χ4n) is 2.51. The smallest absolute Gasteiger partial charge is 0.227 e. The summed E-state index contributed by atoms with van der Waals surface area (Å²) in [5, 5.41) is 3.97. The van der Waals surface area contributed by atoms with E-state index in [4.69, 9.17) is 4.52 Å². The fraction of sp³-hybridized carbons (Fsp3) is 0.750. The molecule has 0 aliphatic carbocycles. The van der Waals surface area contributed by atoms with E-state index >= 15 is 0 Å². The third-order valence-electron chi connectivity index (χ3n) is 3.99. The van der Waals surface area contributed by atoms with Crippen LogP contribution >= 0.6 is 0 Å². The predicted molar refractivity (Wildman–Crippen MR) is 84.8 cm³/mol. The molecule has 0 unspecified atom stereocenters. The van der Waals surface area contributed by atoms with E-state index in [1.54, 1.807) is 11.8 Å². The van der Waals surface area contributed by atoms with E-state index < -0.39 is 0 Å². The Hall–Kier alpha value is -1.92. The summed E-state index contributed by atoms with van der Waals surface area (Å²) in [7, 11) is 0. The Balaban J connectivity index is 1.85. The third kappa shape index (κ3) is 4.77. The lowest BCUT2D eigenvalue weighted by atomic mass is 9.96. The topological polar surface area (TPSA) is 79.5 Å². The van der Waals surface area contributed by atoms with Crippen LogP contribution in [0.15, 0.2) is 4.52 Å². The molecule has 0 bridgehead atoms. The van der Waals surface area contributed by atoms with Gasteiger partial charge in [0, 0.05) is 51.4 Å². The normalized spacial score (nSPS) is 16.3. The second kappa shape index (κ2) is 7.10. The molecule has 7 heteroatoms. The van der Waals surface area contributed by atoms with Crippen LogP contribution in [-0.4, -0.2) is 57.9 Å². The molecule has 1 aromatic heterocycles. The second-order valence-corrected chi connectivity index (χ2v) is 7.00. The molecule has 1 aliphatic rings. The van der Waals surface area contributed by atoms with Crippen LogP contribution in [0, 0.1) is 0 Å². The van der Waals surface area contributed by atoms with Gasteiger partial charge in [0.2, 0.25) is 17.7 Å². The standard InChI is InChI=1S/C16H26N4O3/c1-12(21)19-8-5-9-20(11-10-19)14(22)7-6-13-17-15(18-23-13)16(2,3)4/h5-11H2,1-4H3. The van der Waals surface area contributed by atoms with Gasteiger partial charge in [0.1, 0.15) is 0 Å². The van der Waals surface area contributed by atoms with Crippen LogP contribution in [0.25, 0.3) is 0 Å². The summed E-state index contributed by atoms with van der Waals surface area (Å²) in [5.74, 6) is 1.31. The average Bonchev–Trinajstić information content (AvgIpc) is 2.81. The first-order valence-corrected chi connectivity index (χ1v) is 8.13. The van der Waals surface area contributed by atoms with Gasteiger partial charge in [0.25, 0.3) is 0 Å². The van der Waals surface area contributed by atoms with Crippen molar-refractivity contribution in [3.63, 3.8) is 0 Å². The largest absolute Gasteiger partial charge is 0.341 e. The number of amides is 2. The predicted octanol–water partition coefficient (Wildman–Crippen LogP) is 1.38. The molecule has 2 amide bonds. The highest BCUT2D eigenvalue weighted by atomic mass is 16.5. The molecular weight excluding hydrogens is 296 g/mol. The molecule has 1 aromatic rings. The van der Waals surface area contributed by atoms with Crippen LogP contribution in [0.4, 0.5) is 0 Å². The van der Waals surface area contributed by atoms with Gasteiger partial charge < -0.3 is 14.3 Å². The molecule has 0 aromatic carbocycles. The molecule has 0 spiro atoms. The van der Waals surface area contributed by atoms with E-state index in [9.17, 15) is 9.59 Å². The minimum absolute atomic E-state index is 0.0693. The van der Waals surface area contributed by atoms with Crippen LogP contribution in [-0.2, 0) is 21.4 Å². The molecule has 7 nitrogen and oxygen atoms in total. The minimum atomic E-state index is -0.160. The molecule has 23 heavy (non-hydrogen) atoms. The third-order valence-corrected chi connectivity index (χ3v) is 3.99. The van der Waals surface area contributed by atoms with Gasteiger partial charge in [-0.15, -0.1) is 0 Å². The summed E-state index contributed by atoms with van der Waals surface area (Å²) in [6.07, 6.45) is 1.63. The summed E-state index contributed by atoms with van der Waals surface area (Å²) >= 11 is 0. The Labute approximate surface area is 137 Å². The van der Waals surface area contributed by atoms with Crippen LogP contribution in [0.5, 0.6) is 0 Å². The maximum Gasteiger partial charge on any atom is 0.227 e. The van der Waals surface area contributed by atoms with Gasteiger partial charge in [-0.25, -0.2) is 0 Å². The first-order chi connectivity index (χ1) is 10.8. The van der Waals surface area contributed by atoms with Crippen molar-refractivity contribution in [2.75, 3.05) is 26.2 Å². The molecule has 2 heterocycles. The van der Waals surface area contributed by atoms with Crippen LogP contribution in [0.3, 0.4) is 0 Å². The van der Waals surface area contributed by atoms with E-state index in [2.05, 4.69) is 10.1 Å². The van der Waals surface area contributed by atoms with Crippen molar-refractivity contribution in [1.82, 2.24) is 19.9 Å². The summed E-state index contributed by atoms with van der Waals surface area (Å²) in [5.41, 5.74) is -0.160. The number of hydrogen-bond donors (Lipinski definition) is 0. The average molecular weight is 322 g/mol.